The summed E-state index contributed by atoms with van der Waals surface area (Å²) in [5.74, 6) is 0.555. The minimum Gasteiger partial charge on any atom is -0.367 e. The predicted octanol–water partition coefficient (Wildman–Crippen LogP) is 1.78. The van der Waals surface area contributed by atoms with Crippen molar-refractivity contribution in [3.05, 3.63) is 0 Å². The largest absolute Gasteiger partial charge is 0.367 e. The van der Waals surface area contributed by atoms with E-state index in [9.17, 15) is 4.79 Å². The quantitative estimate of drug-likeness (QED) is 0.585. The maximum atomic E-state index is 11.6. The SMILES string of the molecule is CC(C)(C)C(=O)ON1CC(NCCCCCl)C1. The van der Waals surface area contributed by atoms with E-state index in [1.807, 2.05) is 20.8 Å². The minimum atomic E-state index is -0.432. The van der Waals surface area contributed by atoms with Crippen molar-refractivity contribution >= 4 is 17.6 Å². The maximum absolute atomic E-state index is 11.6. The zero-order chi connectivity index (χ0) is 12.9. The lowest BCUT2D eigenvalue weighted by Crippen LogP contribution is -2.58. The van der Waals surface area contributed by atoms with Crippen molar-refractivity contribution < 1.29 is 9.63 Å². The standard InChI is InChI=1S/C12H23ClN2O2/c1-12(2,3)11(16)17-15-8-10(9-15)14-7-5-4-6-13/h10,14H,4-9H2,1-3H3. The molecule has 0 aromatic rings. The Hall–Kier alpha value is -0.320. The molecule has 0 aromatic carbocycles. The van der Waals surface area contributed by atoms with Crippen LogP contribution in [0, 0.1) is 5.41 Å². The first-order chi connectivity index (χ1) is 7.93. The van der Waals surface area contributed by atoms with Crippen LogP contribution in [0.25, 0.3) is 0 Å². The number of hydrogen-bond acceptors (Lipinski definition) is 4. The third kappa shape index (κ3) is 5.23. The van der Waals surface area contributed by atoms with Gasteiger partial charge in [0.05, 0.1) is 18.5 Å². The number of halogens is 1. The van der Waals surface area contributed by atoms with Gasteiger partial charge < -0.3 is 10.2 Å². The first-order valence-corrected chi connectivity index (χ1v) is 6.73. The zero-order valence-corrected chi connectivity index (χ0v) is 11.7. The average Bonchev–Trinajstić information content (AvgIpc) is 2.18. The molecule has 0 atom stereocenters. The second kappa shape index (κ2) is 6.57. The summed E-state index contributed by atoms with van der Waals surface area (Å²) in [5.41, 5.74) is -0.432. The van der Waals surface area contributed by atoms with Gasteiger partial charge in [-0.15, -0.1) is 16.7 Å². The third-order valence-corrected chi connectivity index (χ3v) is 2.93. The highest BCUT2D eigenvalue weighted by Crippen LogP contribution is 2.18. The van der Waals surface area contributed by atoms with Crippen molar-refractivity contribution in [3.63, 3.8) is 0 Å². The van der Waals surface area contributed by atoms with Crippen LogP contribution in [0.15, 0.2) is 0 Å². The van der Waals surface area contributed by atoms with Crippen molar-refractivity contribution in [2.24, 2.45) is 5.41 Å². The molecule has 1 saturated heterocycles. The Kier molecular flexibility index (Phi) is 5.70. The smallest absolute Gasteiger partial charge is 0.330 e. The fourth-order valence-corrected chi connectivity index (χ4v) is 1.61. The molecule has 0 saturated carbocycles. The molecule has 100 valence electrons. The van der Waals surface area contributed by atoms with Gasteiger partial charge in [-0.2, -0.15) is 0 Å². The van der Waals surface area contributed by atoms with Crippen molar-refractivity contribution in [2.75, 3.05) is 25.5 Å². The topological polar surface area (TPSA) is 41.6 Å². The number of hydrogen-bond donors (Lipinski definition) is 1. The lowest BCUT2D eigenvalue weighted by Gasteiger charge is -2.38. The molecule has 1 heterocycles. The first-order valence-electron chi connectivity index (χ1n) is 6.20. The van der Waals surface area contributed by atoms with Gasteiger partial charge in [0.2, 0.25) is 0 Å². The second-order valence-corrected chi connectivity index (χ2v) is 5.90. The number of nitrogens with zero attached hydrogens (tertiary/aromatic N) is 1. The fraction of sp³-hybridized carbons (Fsp3) is 0.917. The van der Waals surface area contributed by atoms with Gasteiger partial charge in [0, 0.05) is 11.9 Å². The number of alkyl halides is 1. The number of rotatable bonds is 6. The van der Waals surface area contributed by atoms with Crippen LogP contribution in [0.3, 0.4) is 0 Å². The van der Waals surface area contributed by atoms with Crippen LogP contribution in [0.1, 0.15) is 33.6 Å². The molecular weight excluding hydrogens is 240 g/mol. The molecule has 1 fully saturated rings. The molecule has 0 radical (unpaired) electrons. The first kappa shape index (κ1) is 14.7. The minimum absolute atomic E-state index is 0.168. The Morgan fingerprint density at radius 1 is 1.41 bits per heavy atom. The summed E-state index contributed by atoms with van der Waals surface area (Å²) >= 11 is 5.59. The summed E-state index contributed by atoms with van der Waals surface area (Å²) < 4.78 is 0. The molecule has 1 aliphatic rings. The van der Waals surface area contributed by atoms with Crippen LogP contribution in [0.2, 0.25) is 0 Å². The van der Waals surface area contributed by atoms with E-state index in [1.165, 1.54) is 0 Å². The van der Waals surface area contributed by atoms with Crippen LogP contribution in [0.5, 0.6) is 0 Å². The number of unbranched alkanes of at least 4 members (excludes halogenated alkanes) is 1. The lowest BCUT2D eigenvalue weighted by molar-refractivity contribution is -0.222. The fourth-order valence-electron chi connectivity index (χ4n) is 1.42. The molecule has 1 aliphatic heterocycles. The summed E-state index contributed by atoms with van der Waals surface area (Å²) in [7, 11) is 0. The van der Waals surface area contributed by atoms with Gasteiger partial charge in [-0.1, -0.05) is 0 Å². The van der Waals surface area contributed by atoms with Crippen LogP contribution >= 0.6 is 11.6 Å². The Morgan fingerprint density at radius 3 is 2.59 bits per heavy atom. The summed E-state index contributed by atoms with van der Waals surface area (Å²) in [6, 6.07) is 0.443. The molecule has 17 heavy (non-hydrogen) atoms. The molecule has 0 aliphatic carbocycles. The van der Waals surface area contributed by atoms with E-state index >= 15 is 0 Å². The van der Waals surface area contributed by atoms with Gasteiger partial charge in [-0.3, -0.25) is 0 Å². The number of hydroxylamine groups is 2. The van der Waals surface area contributed by atoms with Gasteiger partial charge >= 0.3 is 5.97 Å². The van der Waals surface area contributed by atoms with Gasteiger partial charge in [0.15, 0.2) is 0 Å². The van der Waals surface area contributed by atoms with Crippen molar-refractivity contribution in [1.29, 1.82) is 0 Å². The van der Waals surface area contributed by atoms with Crippen LogP contribution < -0.4 is 5.32 Å². The van der Waals surface area contributed by atoms with Crippen molar-refractivity contribution in [3.8, 4) is 0 Å². The zero-order valence-electron chi connectivity index (χ0n) is 11.0. The van der Waals surface area contributed by atoms with E-state index < -0.39 is 5.41 Å². The number of nitrogens with one attached hydrogen (secondary N) is 1. The highest BCUT2D eigenvalue weighted by atomic mass is 35.5. The molecule has 0 spiro atoms. The molecule has 1 rings (SSSR count). The highest BCUT2D eigenvalue weighted by Gasteiger charge is 2.33. The van der Waals surface area contributed by atoms with Crippen molar-refractivity contribution in [2.45, 2.75) is 39.7 Å². The normalized spacial score (nSPS) is 17.9. The Labute approximate surface area is 109 Å². The number of carbonyl (C=O) groups excluding carboxylic acids is 1. The summed E-state index contributed by atoms with van der Waals surface area (Å²) in [6.45, 7) is 8.12. The summed E-state index contributed by atoms with van der Waals surface area (Å²) in [5, 5.41) is 5.12. The van der Waals surface area contributed by atoms with Gasteiger partial charge in [-0.25, -0.2) is 4.79 Å². The molecular formula is C12H23ClN2O2. The predicted molar refractivity (Wildman–Crippen MR) is 68.9 cm³/mol. The third-order valence-electron chi connectivity index (χ3n) is 2.67. The van der Waals surface area contributed by atoms with Gasteiger partial charge in [-0.05, 0) is 40.2 Å². The highest BCUT2D eigenvalue weighted by molar-refractivity contribution is 6.17. The maximum Gasteiger partial charge on any atom is 0.330 e. The monoisotopic (exact) mass is 262 g/mol. The summed E-state index contributed by atoms with van der Waals surface area (Å²) in [6.07, 6.45) is 2.14. The van der Waals surface area contributed by atoms with E-state index in [4.69, 9.17) is 16.4 Å². The summed E-state index contributed by atoms with van der Waals surface area (Å²) in [4.78, 5) is 16.8. The lowest BCUT2D eigenvalue weighted by atomic mass is 9.98. The molecule has 0 amide bonds. The van der Waals surface area contributed by atoms with E-state index in [2.05, 4.69) is 5.32 Å². The van der Waals surface area contributed by atoms with Crippen molar-refractivity contribution in [1.82, 2.24) is 10.4 Å². The molecule has 0 aromatic heterocycles. The van der Waals surface area contributed by atoms with E-state index in [0.29, 0.717) is 6.04 Å². The molecule has 0 bridgehead atoms. The van der Waals surface area contributed by atoms with E-state index in [1.54, 1.807) is 5.06 Å². The molecule has 5 heteroatoms. The Morgan fingerprint density at radius 2 is 2.06 bits per heavy atom. The van der Waals surface area contributed by atoms with Gasteiger partial charge in [0.1, 0.15) is 0 Å². The molecule has 4 nitrogen and oxygen atoms in total. The molecule has 1 N–H and O–H groups in total. The van der Waals surface area contributed by atoms with Crippen LogP contribution in [0.4, 0.5) is 0 Å². The second-order valence-electron chi connectivity index (χ2n) is 5.52. The average molecular weight is 263 g/mol. The van der Waals surface area contributed by atoms with E-state index in [-0.39, 0.29) is 5.97 Å². The van der Waals surface area contributed by atoms with Crippen LogP contribution in [-0.4, -0.2) is 42.6 Å². The number of carbonyl (C=O) groups is 1. The van der Waals surface area contributed by atoms with Crippen LogP contribution in [-0.2, 0) is 9.63 Å². The van der Waals surface area contributed by atoms with E-state index in [0.717, 1.165) is 38.4 Å². The molecule has 0 unspecified atom stereocenters. The van der Waals surface area contributed by atoms with Gasteiger partial charge in [0.25, 0.3) is 0 Å². The Balaban J connectivity index is 2.05. The Bertz CT molecular complexity index is 247.